The molecule has 1 aliphatic rings. The van der Waals surface area contributed by atoms with Gasteiger partial charge >= 0.3 is 17.9 Å². The van der Waals surface area contributed by atoms with Crippen molar-refractivity contribution in [3.05, 3.63) is 35.4 Å². The molecule has 1 heterocycles. The molecule has 1 fully saturated rings. The third-order valence-electron chi connectivity index (χ3n) is 6.39. The van der Waals surface area contributed by atoms with Crippen LogP contribution in [0.25, 0.3) is 0 Å². The van der Waals surface area contributed by atoms with Crippen molar-refractivity contribution in [2.45, 2.75) is 25.0 Å². The SMILES string of the molecule is CNC(C)(N)c1ccc(CC2CN(CC(=O)O)CCN(CC(=O)O)CCOCCN2CC(=O)O)cc1. The molecule has 1 saturated heterocycles. The van der Waals surface area contributed by atoms with Crippen molar-refractivity contribution in [1.29, 1.82) is 0 Å². The summed E-state index contributed by atoms with van der Waals surface area (Å²) in [6.45, 7) is 3.52. The summed E-state index contributed by atoms with van der Waals surface area (Å²) >= 11 is 0. The van der Waals surface area contributed by atoms with E-state index in [2.05, 4.69) is 5.32 Å². The second kappa shape index (κ2) is 14.2. The van der Waals surface area contributed by atoms with Crippen LogP contribution < -0.4 is 11.1 Å². The molecule has 12 heteroatoms. The summed E-state index contributed by atoms with van der Waals surface area (Å²) in [7, 11) is 1.78. The number of nitrogens with one attached hydrogen (secondary N) is 1. The minimum atomic E-state index is -1.00. The highest BCUT2D eigenvalue weighted by molar-refractivity contribution is 5.70. The average Bonchev–Trinajstić information content (AvgIpc) is 2.79. The highest BCUT2D eigenvalue weighted by Gasteiger charge is 2.26. The van der Waals surface area contributed by atoms with Crippen LogP contribution in [0, 0.1) is 0 Å². The van der Waals surface area contributed by atoms with Crippen molar-refractivity contribution in [1.82, 2.24) is 20.0 Å². The maximum Gasteiger partial charge on any atom is 0.317 e. The van der Waals surface area contributed by atoms with E-state index in [4.69, 9.17) is 10.5 Å². The number of carbonyl (C=O) groups is 3. The fourth-order valence-electron chi connectivity index (χ4n) is 4.22. The Kier molecular flexibility index (Phi) is 11.7. The van der Waals surface area contributed by atoms with Crippen LogP contribution in [-0.2, 0) is 31.2 Å². The minimum Gasteiger partial charge on any atom is -0.480 e. The molecule has 1 aromatic carbocycles. The molecule has 0 saturated carbocycles. The Bertz CT molecular complexity index is 865. The Hall–Kier alpha value is -2.61. The molecule has 12 nitrogen and oxygen atoms in total. The number of ether oxygens (including phenoxy) is 1. The lowest BCUT2D eigenvalue weighted by Crippen LogP contribution is -2.51. The van der Waals surface area contributed by atoms with E-state index >= 15 is 0 Å². The first kappa shape index (κ1) is 29.6. The van der Waals surface area contributed by atoms with Crippen LogP contribution in [0.4, 0.5) is 0 Å². The molecule has 0 bridgehead atoms. The number of nitrogens with zero attached hydrogens (tertiary/aromatic N) is 3. The zero-order chi connectivity index (χ0) is 26.7. The van der Waals surface area contributed by atoms with Gasteiger partial charge in [0.15, 0.2) is 0 Å². The van der Waals surface area contributed by atoms with Crippen molar-refractivity contribution >= 4 is 17.9 Å². The number of hydrogen-bond donors (Lipinski definition) is 5. The van der Waals surface area contributed by atoms with Gasteiger partial charge in [-0.3, -0.25) is 34.4 Å². The molecule has 2 rings (SSSR count). The Labute approximate surface area is 211 Å². The molecule has 1 aliphatic heterocycles. The number of carboxylic acid groups (broad SMARTS) is 3. The van der Waals surface area contributed by atoms with Crippen LogP contribution in [0.3, 0.4) is 0 Å². The number of carboxylic acids is 3. The number of nitrogens with two attached hydrogens (primary N) is 1. The van der Waals surface area contributed by atoms with Gasteiger partial charge in [-0.1, -0.05) is 24.3 Å². The van der Waals surface area contributed by atoms with Gasteiger partial charge < -0.3 is 25.8 Å². The summed E-state index contributed by atoms with van der Waals surface area (Å²) in [5.74, 6) is -2.95. The standard InChI is InChI=1S/C24H39N5O7/c1-24(25,26-2)19-5-3-18(4-6-19)13-20-14-28(16-22(32)33)8-7-27(15-21(30)31)9-11-36-12-10-29(20)17-23(34)35/h3-6,20,26H,7-17,25H2,1-2H3,(H,30,31)(H,32,33)(H,34,35). The number of benzene rings is 1. The Morgan fingerprint density at radius 3 is 2.08 bits per heavy atom. The van der Waals surface area contributed by atoms with E-state index in [9.17, 15) is 29.7 Å². The number of hydrogen-bond acceptors (Lipinski definition) is 9. The monoisotopic (exact) mass is 509 g/mol. The summed E-state index contributed by atoms with van der Waals surface area (Å²) in [5.41, 5.74) is 7.41. The molecule has 0 amide bonds. The number of rotatable bonds is 10. The molecule has 1 aromatic rings. The third-order valence-corrected chi connectivity index (χ3v) is 6.39. The van der Waals surface area contributed by atoms with E-state index in [1.165, 1.54) is 0 Å². The summed E-state index contributed by atoms with van der Waals surface area (Å²) in [5, 5.41) is 31.3. The molecular formula is C24H39N5O7. The second-order valence-electron chi connectivity index (χ2n) is 9.28. The molecule has 2 unspecified atom stereocenters. The van der Waals surface area contributed by atoms with Crippen molar-refractivity contribution in [2.75, 3.05) is 72.6 Å². The van der Waals surface area contributed by atoms with Crippen LogP contribution in [0.2, 0.25) is 0 Å². The summed E-state index contributed by atoms with van der Waals surface area (Å²) < 4.78 is 5.69. The van der Waals surface area contributed by atoms with E-state index in [0.29, 0.717) is 45.8 Å². The van der Waals surface area contributed by atoms with Crippen molar-refractivity contribution in [3.63, 3.8) is 0 Å². The molecule has 2 atom stereocenters. The van der Waals surface area contributed by atoms with E-state index in [-0.39, 0.29) is 32.3 Å². The lowest BCUT2D eigenvalue weighted by molar-refractivity contribution is -0.141. The van der Waals surface area contributed by atoms with Crippen LogP contribution in [0.15, 0.2) is 24.3 Å². The van der Waals surface area contributed by atoms with Crippen molar-refractivity contribution < 1.29 is 34.4 Å². The molecule has 0 radical (unpaired) electrons. The summed E-state index contributed by atoms with van der Waals surface area (Å²) in [6, 6.07) is 7.42. The predicted molar refractivity (Wildman–Crippen MR) is 133 cm³/mol. The molecule has 0 aliphatic carbocycles. The van der Waals surface area contributed by atoms with Gasteiger partial charge in [-0.15, -0.1) is 0 Å². The highest BCUT2D eigenvalue weighted by Crippen LogP contribution is 2.18. The Morgan fingerprint density at radius 2 is 1.50 bits per heavy atom. The van der Waals surface area contributed by atoms with E-state index in [1.807, 2.05) is 36.1 Å². The van der Waals surface area contributed by atoms with Gasteiger partial charge in [0.2, 0.25) is 0 Å². The molecular weight excluding hydrogens is 470 g/mol. The molecule has 202 valence electrons. The normalized spacial score (nSPS) is 21.1. The Balaban J connectivity index is 2.30. The van der Waals surface area contributed by atoms with Gasteiger partial charge in [-0.05, 0) is 31.5 Å². The maximum absolute atomic E-state index is 11.7. The largest absolute Gasteiger partial charge is 0.480 e. The lowest BCUT2D eigenvalue weighted by Gasteiger charge is -2.36. The Morgan fingerprint density at radius 1 is 0.944 bits per heavy atom. The van der Waals surface area contributed by atoms with Gasteiger partial charge in [-0.2, -0.15) is 0 Å². The van der Waals surface area contributed by atoms with Gasteiger partial charge in [0, 0.05) is 38.8 Å². The van der Waals surface area contributed by atoms with Crippen LogP contribution >= 0.6 is 0 Å². The number of aliphatic carboxylic acids is 3. The minimum absolute atomic E-state index is 0.169. The first-order valence-corrected chi connectivity index (χ1v) is 12.0. The van der Waals surface area contributed by atoms with Crippen LogP contribution in [0.5, 0.6) is 0 Å². The van der Waals surface area contributed by atoms with Crippen LogP contribution in [0.1, 0.15) is 18.1 Å². The maximum atomic E-state index is 11.7. The fraction of sp³-hybridized carbons (Fsp3) is 0.625. The summed E-state index contributed by atoms with van der Waals surface area (Å²) in [4.78, 5) is 39.8. The molecule has 0 spiro atoms. The zero-order valence-corrected chi connectivity index (χ0v) is 21.1. The second-order valence-corrected chi connectivity index (χ2v) is 9.28. The zero-order valence-electron chi connectivity index (χ0n) is 21.1. The van der Waals surface area contributed by atoms with Crippen LogP contribution in [-0.4, -0.2) is 127 Å². The topological polar surface area (TPSA) is 169 Å². The molecule has 0 aromatic heterocycles. The van der Waals surface area contributed by atoms with E-state index < -0.39 is 23.6 Å². The smallest absolute Gasteiger partial charge is 0.317 e. The molecule has 36 heavy (non-hydrogen) atoms. The predicted octanol–water partition coefficient (Wildman–Crippen LogP) is -0.861. The summed E-state index contributed by atoms with van der Waals surface area (Å²) in [6.07, 6.45) is 0.489. The highest BCUT2D eigenvalue weighted by atomic mass is 16.5. The average molecular weight is 510 g/mol. The van der Waals surface area contributed by atoms with Crippen molar-refractivity contribution in [3.8, 4) is 0 Å². The van der Waals surface area contributed by atoms with Gasteiger partial charge in [0.25, 0.3) is 0 Å². The van der Waals surface area contributed by atoms with Gasteiger partial charge in [0.05, 0.1) is 38.5 Å². The van der Waals surface area contributed by atoms with E-state index in [1.54, 1.807) is 16.8 Å². The first-order valence-electron chi connectivity index (χ1n) is 12.0. The third kappa shape index (κ3) is 10.2. The quantitative estimate of drug-likeness (QED) is 0.248. The van der Waals surface area contributed by atoms with E-state index in [0.717, 1.165) is 11.1 Å². The first-order chi connectivity index (χ1) is 17.0. The van der Waals surface area contributed by atoms with Gasteiger partial charge in [0.1, 0.15) is 0 Å². The molecule has 6 N–H and O–H groups in total. The lowest BCUT2D eigenvalue weighted by atomic mass is 9.97. The fourth-order valence-corrected chi connectivity index (χ4v) is 4.22. The van der Waals surface area contributed by atoms with Crippen molar-refractivity contribution in [2.24, 2.45) is 5.73 Å². The van der Waals surface area contributed by atoms with Gasteiger partial charge in [-0.25, -0.2) is 0 Å².